The van der Waals surface area contributed by atoms with Crippen molar-refractivity contribution >= 4 is 27.6 Å². The second-order valence-corrected chi connectivity index (χ2v) is 5.62. The Morgan fingerprint density at radius 3 is 2.85 bits per heavy atom. The molecule has 5 nitrogen and oxygen atoms in total. The SMILES string of the molecule is Nc1ncc2c(n1)CC(c1ccccc1Br)CC2=NO. The predicted octanol–water partition coefficient (Wildman–Crippen LogP) is 2.73. The second kappa shape index (κ2) is 5.20. The second-order valence-electron chi connectivity index (χ2n) is 4.76. The summed E-state index contributed by atoms with van der Waals surface area (Å²) in [5.74, 6) is 0.451. The van der Waals surface area contributed by atoms with Gasteiger partial charge >= 0.3 is 0 Å². The van der Waals surface area contributed by atoms with Crippen LogP contribution < -0.4 is 5.73 Å². The monoisotopic (exact) mass is 332 g/mol. The highest BCUT2D eigenvalue weighted by atomic mass is 79.9. The minimum atomic E-state index is 0.207. The molecule has 0 spiro atoms. The summed E-state index contributed by atoms with van der Waals surface area (Å²) in [4.78, 5) is 8.25. The lowest BCUT2D eigenvalue weighted by Crippen LogP contribution is -2.22. The molecule has 1 aliphatic carbocycles. The molecule has 0 bridgehead atoms. The Hall–Kier alpha value is -1.95. The molecule has 102 valence electrons. The van der Waals surface area contributed by atoms with Crippen molar-refractivity contribution in [2.24, 2.45) is 5.16 Å². The van der Waals surface area contributed by atoms with Crippen LogP contribution in [0.2, 0.25) is 0 Å². The number of hydrogen-bond donors (Lipinski definition) is 2. The van der Waals surface area contributed by atoms with Gasteiger partial charge in [0.25, 0.3) is 0 Å². The summed E-state index contributed by atoms with van der Waals surface area (Å²) in [5.41, 5.74) is 9.04. The molecular weight excluding hydrogens is 320 g/mol. The predicted molar refractivity (Wildman–Crippen MR) is 80.0 cm³/mol. The van der Waals surface area contributed by atoms with E-state index < -0.39 is 0 Å². The lowest BCUT2D eigenvalue weighted by Gasteiger charge is -2.25. The minimum Gasteiger partial charge on any atom is -0.411 e. The van der Waals surface area contributed by atoms with Gasteiger partial charge in [-0.25, -0.2) is 9.97 Å². The largest absolute Gasteiger partial charge is 0.411 e. The van der Waals surface area contributed by atoms with E-state index in [1.54, 1.807) is 6.20 Å². The van der Waals surface area contributed by atoms with E-state index in [0.717, 1.165) is 22.2 Å². The van der Waals surface area contributed by atoms with Crippen LogP contribution in [0, 0.1) is 0 Å². The first-order valence-electron chi connectivity index (χ1n) is 6.26. The summed E-state index contributed by atoms with van der Waals surface area (Å²) in [7, 11) is 0. The molecule has 0 radical (unpaired) electrons. The number of nitrogen functional groups attached to an aromatic ring is 1. The molecule has 1 aliphatic rings. The van der Waals surface area contributed by atoms with Gasteiger partial charge in [-0.2, -0.15) is 0 Å². The highest BCUT2D eigenvalue weighted by molar-refractivity contribution is 9.10. The quantitative estimate of drug-likeness (QED) is 0.621. The summed E-state index contributed by atoms with van der Waals surface area (Å²) in [5, 5.41) is 12.6. The Labute approximate surface area is 124 Å². The average Bonchev–Trinajstić information content (AvgIpc) is 2.46. The molecular formula is C14H13BrN4O. The number of fused-ring (bicyclic) bond motifs is 1. The molecule has 1 aromatic carbocycles. The topological polar surface area (TPSA) is 84.4 Å². The molecule has 1 aromatic heterocycles. The number of benzene rings is 1. The summed E-state index contributed by atoms with van der Waals surface area (Å²) < 4.78 is 1.05. The van der Waals surface area contributed by atoms with Crippen molar-refractivity contribution in [1.82, 2.24) is 9.97 Å². The van der Waals surface area contributed by atoms with Crippen molar-refractivity contribution in [3.63, 3.8) is 0 Å². The number of halogens is 1. The van der Waals surface area contributed by atoms with Crippen molar-refractivity contribution in [2.45, 2.75) is 18.8 Å². The van der Waals surface area contributed by atoms with Crippen LogP contribution >= 0.6 is 15.9 Å². The molecule has 1 heterocycles. The fraction of sp³-hybridized carbons (Fsp3) is 0.214. The maximum Gasteiger partial charge on any atom is 0.220 e. The lowest BCUT2D eigenvalue weighted by molar-refractivity contribution is 0.316. The fourth-order valence-electron chi connectivity index (χ4n) is 2.60. The van der Waals surface area contributed by atoms with Crippen molar-refractivity contribution in [3.8, 4) is 0 Å². The molecule has 0 aliphatic heterocycles. The highest BCUT2D eigenvalue weighted by Gasteiger charge is 2.28. The van der Waals surface area contributed by atoms with Gasteiger partial charge in [0.05, 0.1) is 11.4 Å². The van der Waals surface area contributed by atoms with Crippen LogP contribution in [0.3, 0.4) is 0 Å². The van der Waals surface area contributed by atoms with Crippen LogP contribution in [0.25, 0.3) is 0 Å². The molecule has 6 heteroatoms. The Bertz CT molecular complexity index is 687. The summed E-state index contributed by atoms with van der Waals surface area (Å²) in [6.07, 6.45) is 3.03. The third-order valence-electron chi connectivity index (χ3n) is 3.54. The van der Waals surface area contributed by atoms with Crippen molar-refractivity contribution in [2.75, 3.05) is 5.73 Å². The van der Waals surface area contributed by atoms with Crippen LogP contribution in [0.15, 0.2) is 40.1 Å². The molecule has 1 unspecified atom stereocenters. The zero-order valence-electron chi connectivity index (χ0n) is 10.6. The maximum atomic E-state index is 9.23. The third-order valence-corrected chi connectivity index (χ3v) is 4.26. The summed E-state index contributed by atoms with van der Waals surface area (Å²) in [6.45, 7) is 0. The minimum absolute atomic E-state index is 0.207. The Morgan fingerprint density at radius 1 is 1.30 bits per heavy atom. The first-order chi connectivity index (χ1) is 9.69. The Morgan fingerprint density at radius 2 is 2.10 bits per heavy atom. The van der Waals surface area contributed by atoms with Crippen molar-refractivity contribution < 1.29 is 5.21 Å². The third kappa shape index (κ3) is 2.27. The Balaban J connectivity index is 2.05. The van der Waals surface area contributed by atoms with E-state index in [0.29, 0.717) is 12.1 Å². The van der Waals surface area contributed by atoms with Gasteiger partial charge < -0.3 is 10.9 Å². The van der Waals surface area contributed by atoms with Gasteiger partial charge in [0.15, 0.2) is 0 Å². The molecule has 0 saturated carbocycles. The smallest absolute Gasteiger partial charge is 0.220 e. The van der Waals surface area contributed by atoms with Gasteiger partial charge in [0.1, 0.15) is 0 Å². The molecule has 0 saturated heterocycles. The maximum absolute atomic E-state index is 9.23. The number of nitrogens with two attached hydrogens (primary N) is 1. The molecule has 20 heavy (non-hydrogen) atoms. The highest BCUT2D eigenvalue weighted by Crippen LogP contribution is 2.35. The molecule has 3 N–H and O–H groups in total. The van der Waals surface area contributed by atoms with E-state index in [2.05, 4.69) is 37.1 Å². The first-order valence-corrected chi connectivity index (χ1v) is 7.05. The zero-order valence-corrected chi connectivity index (χ0v) is 12.2. The average molecular weight is 333 g/mol. The normalized spacial score (nSPS) is 19.9. The standard InChI is InChI=1S/C14H13BrN4O/c15-11-4-2-1-3-9(11)8-5-12-10(13(6-8)19-20)7-17-14(16)18-12/h1-4,7-8,20H,5-6H2,(H2,16,17,18). The Kier molecular flexibility index (Phi) is 3.40. The van der Waals surface area contributed by atoms with E-state index in [1.807, 2.05) is 18.2 Å². The van der Waals surface area contributed by atoms with Gasteiger partial charge in [-0.1, -0.05) is 39.3 Å². The van der Waals surface area contributed by atoms with Crippen LogP contribution in [-0.4, -0.2) is 20.9 Å². The lowest BCUT2D eigenvalue weighted by atomic mass is 9.82. The van der Waals surface area contributed by atoms with E-state index >= 15 is 0 Å². The van der Waals surface area contributed by atoms with E-state index in [-0.39, 0.29) is 11.9 Å². The van der Waals surface area contributed by atoms with E-state index in [9.17, 15) is 5.21 Å². The molecule has 1 atom stereocenters. The van der Waals surface area contributed by atoms with Crippen molar-refractivity contribution in [3.05, 3.63) is 51.8 Å². The van der Waals surface area contributed by atoms with Gasteiger partial charge in [-0.05, 0) is 24.0 Å². The van der Waals surface area contributed by atoms with Gasteiger partial charge in [-0.15, -0.1) is 0 Å². The number of oxime groups is 1. The summed E-state index contributed by atoms with van der Waals surface area (Å²) >= 11 is 3.57. The summed E-state index contributed by atoms with van der Waals surface area (Å²) in [6, 6.07) is 8.06. The van der Waals surface area contributed by atoms with Crippen LogP contribution in [0.4, 0.5) is 5.95 Å². The van der Waals surface area contributed by atoms with E-state index in [1.165, 1.54) is 5.56 Å². The zero-order chi connectivity index (χ0) is 14.1. The number of hydrogen-bond acceptors (Lipinski definition) is 5. The molecule has 3 rings (SSSR count). The van der Waals surface area contributed by atoms with Gasteiger partial charge in [0, 0.05) is 22.7 Å². The van der Waals surface area contributed by atoms with Crippen molar-refractivity contribution in [1.29, 1.82) is 0 Å². The fourth-order valence-corrected chi connectivity index (χ4v) is 3.21. The van der Waals surface area contributed by atoms with Gasteiger partial charge in [-0.3, -0.25) is 0 Å². The van der Waals surface area contributed by atoms with Crippen LogP contribution in [0.5, 0.6) is 0 Å². The number of rotatable bonds is 1. The molecule has 2 aromatic rings. The van der Waals surface area contributed by atoms with Gasteiger partial charge in [0.2, 0.25) is 5.95 Å². The van der Waals surface area contributed by atoms with Crippen LogP contribution in [-0.2, 0) is 6.42 Å². The number of anilines is 1. The first kappa shape index (κ1) is 13.1. The molecule has 0 amide bonds. The van der Waals surface area contributed by atoms with E-state index in [4.69, 9.17) is 5.73 Å². The molecule has 0 fully saturated rings. The number of nitrogens with zero attached hydrogens (tertiary/aromatic N) is 3. The number of aromatic nitrogens is 2. The van der Waals surface area contributed by atoms with Crippen LogP contribution in [0.1, 0.15) is 29.2 Å².